The van der Waals surface area contributed by atoms with Crippen LogP contribution in [0.4, 0.5) is 0 Å². The van der Waals surface area contributed by atoms with Gasteiger partial charge in [0, 0.05) is 12.6 Å². The van der Waals surface area contributed by atoms with E-state index < -0.39 is 0 Å². The number of amides is 1. The van der Waals surface area contributed by atoms with Gasteiger partial charge in [0.05, 0.1) is 11.8 Å². The molecule has 4 nitrogen and oxygen atoms in total. The molecule has 0 aliphatic heterocycles. The minimum atomic E-state index is -0.212. The summed E-state index contributed by atoms with van der Waals surface area (Å²) in [5.41, 5.74) is 0.416. The third kappa shape index (κ3) is 2.70. The number of carbonyl (C=O) groups is 1. The molecule has 0 aliphatic carbocycles. The number of hydrogen-bond donors (Lipinski definition) is 1. The molecule has 0 aromatic carbocycles. The normalized spacial score (nSPS) is 11.5. The molecular weight excluding hydrogens is 293 g/mol. The number of carbonyl (C=O) groups excluding carboxylic acids is 1. The summed E-state index contributed by atoms with van der Waals surface area (Å²) in [6, 6.07) is 0. The first-order valence-electron chi connectivity index (χ1n) is 4.31. The van der Waals surface area contributed by atoms with E-state index in [-0.39, 0.29) is 11.4 Å². The summed E-state index contributed by atoms with van der Waals surface area (Å²) in [5.74, 6) is -0.0741. The van der Waals surface area contributed by atoms with E-state index in [0.29, 0.717) is 5.56 Å². The van der Waals surface area contributed by atoms with Crippen LogP contribution in [-0.4, -0.2) is 21.2 Å². The molecule has 1 rings (SSSR count). The number of aryl methyl sites for hydroxylation is 1. The number of halogens is 1. The molecular formula is C9H14IN3O. The smallest absolute Gasteiger partial charge is 0.255 e. The zero-order valence-electron chi connectivity index (χ0n) is 8.76. The van der Waals surface area contributed by atoms with Gasteiger partial charge in [0.2, 0.25) is 0 Å². The van der Waals surface area contributed by atoms with Crippen LogP contribution >= 0.6 is 22.6 Å². The Balaban J connectivity index is 2.86. The molecule has 0 fully saturated rings. The van der Waals surface area contributed by atoms with Crippen LogP contribution < -0.4 is 5.32 Å². The van der Waals surface area contributed by atoms with Crippen LogP contribution in [0.25, 0.3) is 0 Å². The predicted molar refractivity (Wildman–Crippen MR) is 63.1 cm³/mol. The van der Waals surface area contributed by atoms with Gasteiger partial charge in [-0.1, -0.05) is 0 Å². The fraction of sp³-hybridized carbons (Fsp3) is 0.556. The fourth-order valence-corrected chi connectivity index (χ4v) is 1.49. The summed E-state index contributed by atoms with van der Waals surface area (Å²) >= 11 is 2.11. The van der Waals surface area contributed by atoms with Gasteiger partial charge < -0.3 is 5.32 Å². The zero-order valence-corrected chi connectivity index (χ0v) is 10.9. The molecule has 1 heterocycles. The third-order valence-electron chi connectivity index (χ3n) is 1.60. The van der Waals surface area contributed by atoms with E-state index in [9.17, 15) is 4.79 Å². The average molecular weight is 307 g/mol. The highest BCUT2D eigenvalue weighted by Crippen LogP contribution is 2.11. The molecule has 5 heteroatoms. The quantitative estimate of drug-likeness (QED) is 0.800. The van der Waals surface area contributed by atoms with Crippen molar-refractivity contribution in [1.82, 2.24) is 15.1 Å². The van der Waals surface area contributed by atoms with Crippen LogP contribution in [0, 0.1) is 3.70 Å². The average Bonchev–Trinajstić information content (AvgIpc) is 2.29. The van der Waals surface area contributed by atoms with E-state index in [0.717, 1.165) is 3.70 Å². The van der Waals surface area contributed by atoms with Crippen LogP contribution in [0.2, 0.25) is 0 Å². The molecule has 0 atom stereocenters. The maximum absolute atomic E-state index is 11.7. The molecule has 0 radical (unpaired) electrons. The van der Waals surface area contributed by atoms with Gasteiger partial charge in [-0.15, -0.1) is 0 Å². The summed E-state index contributed by atoms with van der Waals surface area (Å²) in [6.07, 6.45) is 1.59. The van der Waals surface area contributed by atoms with E-state index in [2.05, 4.69) is 33.0 Å². The third-order valence-corrected chi connectivity index (χ3v) is 2.88. The van der Waals surface area contributed by atoms with Gasteiger partial charge in [-0.3, -0.25) is 9.48 Å². The van der Waals surface area contributed by atoms with E-state index in [1.807, 2.05) is 27.8 Å². The Morgan fingerprint density at radius 2 is 2.14 bits per heavy atom. The number of hydrogen-bond acceptors (Lipinski definition) is 2. The van der Waals surface area contributed by atoms with Gasteiger partial charge in [0.25, 0.3) is 5.91 Å². The van der Waals surface area contributed by atoms with Gasteiger partial charge in [-0.25, -0.2) is 0 Å². The minimum Gasteiger partial charge on any atom is -0.347 e. The summed E-state index contributed by atoms with van der Waals surface area (Å²) in [6.45, 7) is 5.86. The summed E-state index contributed by atoms with van der Waals surface area (Å²) < 4.78 is 2.53. The van der Waals surface area contributed by atoms with E-state index in [4.69, 9.17) is 0 Å². The van der Waals surface area contributed by atoms with Crippen molar-refractivity contribution in [2.75, 3.05) is 0 Å². The van der Waals surface area contributed by atoms with Crippen LogP contribution in [0.5, 0.6) is 0 Å². The Bertz CT molecular complexity index is 351. The first kappa shape index (κ1) is 11.5. The molecule has 0 aliphatic rings. The fourth-order valence-electron chi connectivity index (χ4n) is 0.983. The van der Waals surface area contributed by atoms with Crippen LogP contribution in [0.15, 0.2) is 6.20 Å². The molecule has 1 aromatic rings. The highest BCUT2D eigenvalue weighted by molar-refractivity contribution is 14.1. The SMILES string of the molecule is Cn1ncc(C(=O)NC(C)(C)C)c1I. The Hall–Kier alpha value is -0.590. The van der Waals surface area contributed by atoms with Crippen LogP contribution in [-0.2, 0) is 7.05 Å². The lowest BCUT2D eigenvalue weighted by Gasteiger charge is -2.19. The van der Waals surface area contributed by atoms with Crippen molar-refractivity contribution in [3.8, 4) is 0 Å². The molecule has 1 amide bonds. The molecule has 0 saturated heterocycles. The lowest BCUT2D eigenvalue weighted by Crippen LogP contribution is -2.40. The number of aromatic nitrogens is 2. The van der Waals surface area contributed by atoms with Crippen LogP contribution in [0.1, 0.15) is 31.1 Å². The molecule has 78 valence electrons. The van der Waals surface area contributed by atoms with Crippen molar-refractivity contribution in [2.24, 2.45) is 7.05 Å². The summed E-state index contributed by atoms with van der Waals surface area (Å²) in [7, 11) is 1.82. The number of nitrogens with zero attached hydrogens (tertiary/aromatic N) is 2. The zero-order chi connectivity index (χ0) is 10.9. The second-order valence-corrected chi connectivity index (χ2v) is 5.20. The van der Waals surface area contributed by atoms with Gasteiger partial charge in [-0.2, -0.15) is 5.10 Å². The Kier molecular flexibility index (Phi) is 3.18. The predicted octanol–water partition coefficient (Wildman–Crippen LogP) is 1.55. The Morgan fingerprint density at radius 1 is 1.57 bits per heavy atom. The van der Waals surface area contributed by atoms with E-state index in [1.54, 1.807) is 10.9 Å². The standard InChI is InChI=1S/C9H14IN3O/c1-9(2,3)12-8(14)6-5-11-13(4)7(6)10/h5H,1-4H3,(H,12,14). The first-order valence-corrected chi connectivity index (χ1v) is 5.39. The van der Waals surface area contributed by atoms with Gasteiger partial charge >= 0.3 is 0 Å². The van der Waals surface area contributed by atoms with Crippen molar-refractivity contribution >= 4 is 28.5 Å². The topological polar surface area (TPSA) is 46.9 Å². The molecule has 0 saturated carbocycles. The van der Waals surface area contributed by atoms with Crippen molar-refractivity contribution in [3.63, 3.8) is 0 Å². The molecule has 0 bridgehead atoms. The first-order chi connectivity index (χ1) is 6.31. The second-order valence-electron chi connectivity index (χ2n) is 4.18. The van der Waals surface area contributed by atoms with E-state index in [1.165, 1.54) is 0 Å². The van der Waals surface area contributed by atoms with Crippen molar-refractivity contribution in [2.45, 2.75) is 26.3 Å². The molecule has 0 spiro atoms. The molecule has 1 N–H and O–H groups in total. The summed E-state index contributed by atoms with van der Waals surface area (Å²) in [4.78, 5) is 11.7. The highest BCUT2D eigenvalue weighted by Gasteiger charge is 2.19. The van der Waals surface area contributed by atoms with Gasteiger partial charge in [0.1, 0.15) is 3.70 Å². The van der Waals surface area contributed by atoms with Gasteiger partial charge in [-0.05, 0) is 43.4 Å². The van der Waals surface area contributed by atoms with Crippen molar-refractivity contribution < 1.29 is 4.79 Å². The number of nitrogens with one attached hydrogen (secondary N) is 1. The van der Waals surface area contributed by atoms with Crippen molar-refractivity contribution in [3.05, 3.63) is 15.5 Å². The monoisotopic (exact) mass is 307 g/mol. The molecule has 0 unspecified atom stereocenters. The largest absolute Gasteiger partial charge is 0.347 e. The lowest BCUT2D eigenvalue weighted by atomic mass is 10.1. The molecule has 1 aromatic heterocycles. The second kappa shape index (κ2) is 3.88. The minimum absolute atomic E-state index is 0.0741. The van der Waals surface area contributed by atoms with E-state index >= 15 is 0 Å². The maximum atomic E-state index is 11.7. The number of rotatable bonds is 1. The molecule has 14 heavy (non-hydrogen) atoms. The van der Waals surface area contributed by atoms with Crippen molar-refractivity contribution in [1.29, 1.82) is 0 Å². The lowest BCUT2D eigenvalue weighted by molar-refractivity contribution is 0.0918. The Labute approximate surface area is 97.2 Å². The van der Waals surface area contributed by atoms with Crippen LogP contribution in [0.3, 0.4) is 0 Å². The van der Waals surface area contributed by atoms with Gasteiger partial charge in [0.15, 0.2) is 0 Å². The Morgan fingerprint density at radius 3 is 2.50 bits per heavy atom. The summed E-state index contributed by atoms with van der Waals surface area (Å²) in [5, 5.41) is 6.91. The maximum Gasteiger partial charge on any atom is 0.255 e. The highest BCUT2D eigenvalue weighted by atomic mass is 127.